The highest BCUT2D eigenvalue weighted by molar-refractivity contribution is 7.99. The number of benzene rings is 2. The molecule has 0 aliphatic carbocycles. The van der Waals surface area contributed by atoms with Crippen LogP contribution < -0.4 is 5.32 Å². The molecule has 1 aromatic heterocycles. The normalized spacial score (nSPS) is 10.8. The average molecular weight is 435 g/mol. The zero-order valence-corrected chi connectivity index (χ0v) is 17.7. The van der Waals surface area contributed by atoms with E-state index in [0.29, 0.717) is 20.9 Å². The van der Waals surface area contributed by atoms with Crippen LogP contribution in [0.15, 0.2) is 53.7 Å². The number of carbonyl (C=O) groups is 1. The van der Waals surface area contributed by atoms with Gasteiger partial charge in [-0.25, -0.2) is 0 Å². The largest absolute Gasteiger partial charge is 0.324 e. The number of nitrogens with zero attached hydrogens (tertiary/aromatic N) is 3. The van der Waals surface area contributed by atoms with Gasteiger partial charge in [-0.05, 0) is 42.8 Å². The minimum Gasteiger partial charge on any atom is -0.324 e. The van der Waals surface area contributed by atoms with Crippen LogP contribution in [0.1, 0.15) is 19.8 Å². The van der Waals surface area contributed by atoms with Crippen molar-refractivity contribution in [3.8, 4) is 11.4 Å². The Bertz CT molecular complexity index is 944. The van der Waals surface area contributed by atoms with Crippen LogP contribution in [0.4, 0.5) is 5.69 Å². The molecule has 5 nitrogen and oxygen atoms in total. The van der Waals surface area contributed by atoms with E-state index < -0.39 is 0 Å². The lowest BCUT2D eigenvalue weighted by atomic mass is 10.2. The van der Waals surface area contributed by atoms with Crippen molar-refractivity contribution in [2.75, 3.05) is 11.1 Å². The molecule has 0 fully saturated rings. The van der Waals surface area contributed by atoms with Crippen molar-refractivity contribution in [2.24, 2.45) is 0 Å². The number of halogens is 2. The molecule has 0 bridgehead atoms. The molecule has 1 N–H and O–H groups in total. The standard InChI is InChI=1S/C20H20Cl2N4OS/c1-2-3-12-26-19(14-8-10-15(21)11-9-14)24-25-20(26)28-13-18(27)23-17-7-5-4-6-16(17)22/h4-11H,2-3,12-13H2,1H3,(H,23,27). The van der Waals surface area contributed by atoms with E-state index >= 15 is 0 Å². The first-order valence-corrected chi connectivity index (χ1v) is 10.7. The van der Waals surface area contributed by atoms with Gasteiger partial charge in [0.2, 0.25) is 5.91 Å². The Morgan fingerprint density at radius 1 is 1.11 bits per heavy atom. The molecule has 0 aliphatic heterocycles. The second-order valence-corrected chi connectivity index (χ2v) is 7.92. The van der Waals surface area contributed by atoms with Crippen molar-refractivity contribution in [3.63, 3.8) is 0 Å². The molecule has 0 saturated carbocycles. The summed E-state index contributed by atoms with van der Waals surface area (Å²) in [6.07, 6.45) is 2.05. The molecule has 1 amide bonds. The first-order valence-electron chi connectivity index (χ1n) is 8.94. The summed E-state index contributed by atoms with van der Waals surface area (Å²) in [4.78, 5) is 12.3. The Morgan fingerprint density at radius 3 is 2.57 bits per heavy atom. The molecule has 0 saturated heterocycles. The molecule has 0 radical (unpaired) electrons. The highest BCUT2D eigenvalue weighted by atomic mass is 35.5. The van der Waals surface area contributed by atoms with Gasteiger partial charge in [0.05, 0.1) is 16.5 Å². The molecule has 0 atom stereocenters. The van der Waals surface area contributed by atoms with Gasteiger partial charge in [0.1, 0.15) is 0 Å². The van der Waals surface area contributed by atoms with E-state index in [0.717, 1.165) is 30.8 Å². The van der Waals surface area contributed by atoms with E-state index in [2.05, 4.69) is 27.0 Å². The molecule has 3 aromatic rings. The molecular formula is C20H20Cl2N4OS. The summed E-state index contributed by atoms with van der Waals surface area (Å²) in [5.74, 6) is 0.853. The fraction of sp³-hybridized carbons (Fsp3) is 0.250. The van der Waals surface area contributed by atoms with Gasteiger partial charge in [-0.15, -0.1) is 10.2 Å². The van der Waals surface area contributed by atoms with Crippen LogP contribution in [0.5, 0.6) is 0 Å². The Hall–Kier alpha value is -2.02. The third kappa shape index (κ3) is 5.28. The van der Waals surface area contributed by atoms with E-state index in [1.165, 1.54) is 11.8 Å². The van der Waals surface area contributed by atoms with Gasteiger partial charge in [-0.1, -0.05) is 60.4 Å². The number of amides is 1. The van der Waals surface area contributed by atoms with Crippen LogP contribution in [-0.2, 0) is 11.3 Å². The van der Waals surface area contributed by atoms with Crippen molar-refractivity contribution >= 4 is 46.6 Å². The van der Waals surface area contributed by atoms with E-state index in [9.17, 15) is 4.79 Å². The maximum atomic E-state index is 12.3. The van der Waals surface area contributed by atoms with Crippen LogP contribution in [-0.4, -0.2) is 26.4 Å². The summed E-state index contributed by atoms with van der Waals surface area (Å²) >= 11 is 13.4. The van der Waals surface area contributed by atoms with Crippen LogP contribution in [0.25, 0.3) is 11.4 Å². The van der Waals surface area contributed by atoms with E-state index in [4.69, 9.17) is 23.2 Å². The second kappa shape index (κ2) is 9.96. The minimum atomic E-state index is -0.142. The van der Waals surface area contributed by atoms with Crippen molar-refractivity contribution in [1.29, 1.82) is 0 Å². The van der Waals surface area contributed by atoms with Gasteiger partial charge in [0.25, 0.3) is 0 Å². The molecule has 8 heteroatoms. The van der Waals surface area contributed by atoms with E-state index in [1.54, 1.807) is 12.1 Å². The lowest BCUT2D eigenvalue weighted by Gasteiger charge is -2.10. The van der Waals surface area contributed by atoms with Gasteiger partial charge in [-0.2, -0.15) is 0 Å². The van der Waals surface area contributed by atoms with Crippen LogP contribution >= 0.6 is 35.0 Å². The monoisotopic (exact) mass is 434 g/mol. The highest BCUT2D eigenvalue weighted by Crippen LogP contribution is 2.26. The number of anilines is 1. The summed E-state index contributed by atoms with van der Waals surface area (Å²) < 4.78 is 2.06. The molecule has 28 heavy (non-hydrogen) atoms. The molecule has 0 aliphatic rings. The topological polar surface area (TPSA) is 59.8 Å². The molecule has 0 spiro atoms. The zero-order valence-electron chi connectivity index (χ0n) is 15.4. The van der Waals surface area contributed by atoms with Gasteiger partial charge in [-0.3, -0.25) is 4.79 Å². The Labute approximate surface area is 178 Å². The fourth-order valence-corrected chi connectivity index (χ4v) is 3.68. The number of rotatable bonds is 8. The lowest BCUT2D eigenvalue weighted by Crippen LogP contribution is -2.15. The molecule has 2 aromatic carbocycles. The Morgan fingerprint density at radius 2 is 1.86 bits per heavy atom. The quantitative estimate of drug-likeness (QED) is 0.456. The Kier molecular flexibility index (Phi) is 7.36. The molecular weight excluding hydrogens is 415 g/mol. The van der Waals surface area contributed by atoms with Gasteiger partial charge in [0.15, 0.2) is 11.0 Å². The second-order valence-electron chi connectivity index (χ2n) is 6.13. The maximum Gasteiger partial charge on any atom is 0.234 e. The van der Waals surface area contributed by atoms with Crippen molar-refractivity contribution in [3.05, 3.63) is 58.6 Å². The smallest absolute Gasteiger partial charge is 0.234 e. The maximum absolute atomic E-state index is 12.3. The summed E-state index contributed by atoms with van der Waals surface area (Å²) in [6, 6.07) is 14.7. The number of thioether (sulfide) groups is 1. The molecule has 3 rings (SSSR count). The predicted octanol–water partition coefficient (Wildman–Crippen LogP) is 5.78. The van der Waals surface area contributed by atoms with Crippen molar-refractivity contribution in [2.45, 2.75) is 31.5 Å². The van der Waals surface area contributed by atoms with Gasteiger partial charge >= 0.3 is 0 Å². The van der Waals surface area contributed by atoms with E-state index in [-0.39, 0.29) is 11.7 Å². The number of hydrogen-bond acceptors (Lipinski definition) is 4. The lowest BCUT2D eigenvalue weighted by molar-refractivity contribution is -0.113. The van der Waals surface area contributed by atoms with Gasteiger partial charge in [0, 0.05) is 17.1 Å². The number of aromatic nitrogens is 3. The van der Waals surface area contributed by atoms with E-state index in [1.807, 2.05) is 36.4 Å². The number of unbranched alkanes of at least 4 members (excludes halogenated alkanes) is 1. The van der Waals surface area contributed by atoms with Gasteiger partial charge < -0.3 is 9.88 Å². The first kappa shape index (κ1) is 20.7. The molecule has 0 unspecified atom stereocenters. The zero-order chi connectivity index (χ0) is 19.9. The number of para-hydroxylation sites is 1. The summed E-state index contributed by atoms with van der Waals surface area (Å²) in [7, 11) is 0. The summed E-state index contributed by atoms with van der Waals surface area (Å²) in [6.45, 7) is 2.92. The number of hydrogen-bond donors (Lipinski definition) is 1. The number of nitrogens with one attached hydrogen (secondary N) is 1. The highest BCUT2D eigenvalue weighted by Gasteiger charge is 2.16. The summed E-state index contributed by atoms with van der Waals surface area (Å²) in [5.41, 5.74) is 1.55. The average Bonchev–Trinajstić information content (AvgIpc) is 3.10. The van der Waals surface area contributed by atoms with Crippen molar-refractivity contribution in [1.82, 2.24) is 14.8 Å². The minimum absolute atomic E-state index is 0.142. The van der Waals surface area contributed by atoms with Crippen LogP contribution in [0, 0.1) is 0 Å². The van der Waals surface area contributed by atoms with Crippen LogP contribution in [0.2, 0.25) is 10.0 Å². The third-order valence-corrected chi connectivity index (χ3v) is 5.58. The summed E-state index contributed by atoms with van der Waals surface area (Å²) in [5, 5.41) is 13.4. The SMILES string of the molecule is CCCCn1c(SCC(=O)Nc2ccccc2Cl)nnc1-c1ccc(Cl)cc1. The first-order chi connectivity index (χ1) is 13.6. The number of carbonyl (C=O) groups excluding carboxylic acids is 1. The molecule has 146 valence electrons. The predicted molar refractivity (Wildman–Crippen MR) is 116 cm³/mol. The third-order valence-electron chi connectivity index (χ3n) is 4.03. The molecule has 1 heterocycles. The fourth-order valence-electron chi connectivity index (χ4n) is 2.60. The van der Waals surface area contributed by atoms with Crippen LogP contribution in [0.3, 0.4) is 0 Å². The van der Waals surface area contributed by atoms with Crippen molar-refractivity contribution < 1.29 is 4.79 Å². The Balaban J connectivity index is 1.73.